The summed E-state index contributed by atoms with van der Waals surface area (Å²) in [5.41, 5.74) is 0. The van der Waals surface area contributed by atoms with E-state index in [0.717, 1.165) is 24.3 Å². The summed E-state index contributed by atoms with van der Waals surface area (Å²) in [4.78, 5) is 1.58. The first-order valence-corrected chi connectivity index (χ1v) is 10.2. The van der Waals surface area contributed by atoms with Crippen LogP contribution in [0.1, 0.15) is 56.4 Å². The minimum atomic E-state index is 0.596. The first kappa shape index (κ1) is 14.2. The Balaban J connectivity index is 1.51. The van der Waals surface area contributed by atoms with Gasteiger partial charge in [0.05, 0.1) is 0 Å². The SMILES string of the molecule is CCCNC(CC1CC2CCC1C2)c1cc2sccc2s1. The van der Waals surface area contributed by atoms with Gasteiger partial charge in [-0.25, -0.2) is 0 Å². The van der Waals surface area contributed by atoms with E-state index in [1.54, 1.807) is 4.88 Å². The van der Waals surface area contributed by atoms with Crippen LogP contribution in [0.15, 0.2) is 17.5 Å². The highest BCUT2D eigenvalue weighted by atomic mass is 32.1. The van der Waals surface area contributed by atoms with Crippen LogP contribution in [0.5, 0.6) is 0 Å². The topological polar surface area (TPSA) is 12.0 Å². The molecule has 21 heavy (non-hydrogen) atoms. The van der Waals surface area contributed by atoms with Crippen molar-refractivity contribution >= 4 is 32.1 Å². The number of thiophene rings is 2. The zero-order chi connectivity index (χ0) is 14.2. The van der Waals surface area contributed by atoms with Gasteiger partial charge in [0.25, 0.3) is 0 Å². The third-order valence-corrected chi connectivity index (χ3v) is 7.77. The van der Waals surface area contributed by atoms with Crippen LogP contribution in [-0.4, -0.2) is 6.54 Å². The lowest BCUT2D eigenvalue weighted by Crippen LogP contribution is -2.25. The molecule has 2 aromatic heterocycles. The molecule has 2 heterocycles. The summed E-state index contributed by atoms with van der Waals surface area (Å²) < 4.78 is 2.96. The van der Waals surface area contributed by atoms with E-state index in [1.165, 1.54) is 47.9 Å². The second-order valence-corrected chi connectivity index (χ2v) is 9.04. The number of hydrogen-bond acceptors (Lipinski definition) is 3. The second-order valence-electron chi connectivity index (χ2n) is 6.98. The fourth-order valence-electron chi connectivity index (χ4n) is 4.54. The summed E-state index contributed by atoms with van der Waals surface area (Å²) >= 11 is 3.90. The maximum Gasteiger partial charge on any atom is 0.0454 e. The van der Waals surface area contributed by atoms with Crippen molar-refractivity contribution in [2.24, 2.45) is 17.8 Å². The molecule has 3 heteroatoms. The molecule has 4 atom stereocenters. The second kappa shape index (κ2) is 6.02. The predicted octanol–water partition coefficient (Wildman–Crippen LogP) is 5.83. The van der Waals surface area contributed by atoms with Crippen molar-refractivity contribution in [3.8, 4) is 0 Å². The molecule has 4 unspecified atom stereocenters. The summed E-state index contributed by atoms with van der Waals surface area (Å²) in [5, 5.41) is 6.06. The molecule has 2 fully saturated rings. The summed E-state index contributed by atoms with van der Waals surface area (Å²) in [6.45, 7) is 3.42. The first-order valence-electron chi connectivity index (χ1n) is 8.53. The third kappa shape index (κ3) is 2.80. The number of fused-ring (bicyclic) bond motifs is 3. The lowest BCUT2D eigenvalue weighted by atomic mass is 9.84. The monoisotopic (exact) mass is 319 g/mol. The normalized spacial score (nSPS) is 29.5. The molecule has 2 aliphatic rings. The molecule has 0 amide bonds. The van der Waals surface area contributed by atoms with Gasteiger partial charge >= 0.3 is 0 Å². The Morgan fingerprint density at radius 2 is 2.24 bits per heavy atom. The average molecular weight is 320 g/mol. The standard InChI is InChI=1S/C18H25NS2/c1-2-6-19-15(10-14-9-12-3-4-13(14)8-12)17-11-18-16(21-17)5-7-20-18/h5,7,11-15,19H,2-4,6,8-10H2,1H3. The Hall–Kier alpha value is -0.380. The number of rotatable bonds is 6. The van der Waals surface area contributed by atoms with Crippen LogP contribution >= 0.6 is 22.7 Å². The Bertz CT molecular complexity index is 571. The summed E-state index contributed by atoms with van der Waals surface area (Å²) in [6, 6.07) is 5.33. The van der Waals surface area contributed by atoms with Crippen molar-refractivity contribution in [1.29, 1.82) is 0 Å². The van der Waals surface area contributed by atoms with Crippen LogP contribution in [0, 0.1) is 17.8 Å². The van der Waals surface area contributed by atoms with E-state index < -0.39 is 0 Å². The van der Waals surface area contributed by atoms with Gasteiger partial charge in [0.15, 0.2) is 0 Å². The zero-order valence-corrected chi connectivity index (χ0v) is 14.4. The first-order chi connectivity index (χ1) is 10.3. The van der Waals surface area contributed by atoms with Gasteiger partial charge in [0, 0.05) is 20.3 Å². The molecule has 0 aliphatic heterocycles. The maximum absolute atomic E-state index is 3.84. The highest BCUT2D eigenvalue weighted by Crippen LogP contribution is 2.51. The lowest BCUT2D eigenvalue weighted by molar-refractivity contribution is 0.281. The predicted molar refractivity (Wildman–Crippen MR) is 94.3 cm³/mol. The Labute approximate surface area is 135 Å². The summed E-state index contributed by atoms with van der Waals surface area (Å²) in [5.74, 6) is 3.10. The van der Waals surface area contributed by atoms with Crippen molar-refractivity contribution in [3.05, 3.63) is 22.4 Å². The van der Waals surface area contributed by atoms with Crippen molar-refractivity contribution in [3.63, 3.8) is 0 Å². The molecule has 0 saturated heterocycles. The van der Waals surface area contributed by atoms with Crippen molar-refractivity contribution in [2.75, 3.05) is 6.54 Å². The summed E-state index contributed by atoms with van der Waals surface area (Å²) in [6.07, 6.45) is 8.67. The van der Waals surface area contributed by atoms with Gasteiger partial charge in [0.2, 0.25) is 0 Å². The molecular weight excluding hydrogens is 294 g/mol. The molecule has 2 saturated carbocycles. The minimum absolute atomic E-state index is 0.596. The third-order valence-electron chi connectivity index (χ3n) is 5.57. The van der Waals surface area contributed by atoms with E-state index in [-0.39, 0.29) is 0 Å². The number of hydrogen-bond donors (Lipinski definition) is 1. The highest BCUT2D eigenvalue weighted by molar-refractivity contribution is 7.26. The molecule has 4 rings (SSSR count). The smallest absolute Gasteiger partial charge is 0.0454 e. The molecular formula is C18H25NS2. The fraction of sp³-hybridized carbons (Fsp3) is 0.667. The van der Waals surface area contributed by atoms with E-state index in [1.807, 2.05) is 22.7 Å². The van der Waals surface area contributed by atoms with Gasteiger partial charge in [-0.15, -0.1) is 22.7 Å². The number of nitrogens with one attached hydrogen (secondary N) is 1. The van der Waals surface area contributed by atoms with E-state index in [2.05, 4.69) is 29.8 Å². The highest BCUT2D eigenvalue weighted by Gasteiger charge is 2.40. The quantitative estimate of drug-likeness (QED) is 0.706. The van der Waals surface area contributed by atoms with Crippen molar-refractivity contribution in [2.45, 2.75) is 51.5 Å². The molecule has 2 aromatic rings. The molecule has 2 aliphatic carbocycles. The maximum atomic E-state index is 3.84. The van der Waals surface area contributed by atoms with Crippen LogP contribution in [-0.2, 0) is 0 Å². The summed E-state index contributed by atoms with van der Waals surface area (Å²) in [7, 11) is 0. The van der Waals surface area contributed by atoms with Gasteiger partial charge in [-0.05, 0) is 73.9 Å². The van der Waals surface area contributed by atoms with Crippen LogP contribution in [0.25, 0.3) is 9.40 Å². The molecule has 0 radical (unpaired) electrons. The van der Waals surface area contributed by atoms with Crippen LogP contribution in [0.2, 0.25) is 0 Å². The van der Waals surface area contributed by atoms with Gasteiger partial charge in [-0.1, -0.05) is 13.3 Å². The molecule has 1 N–H and O–H groups in total. The zero-order valence-electron chi connectivity index (χ0n) is 12.8. The minimum Gasteiger partial charge on any atom is -0.309 e. The molecule has 1 nitrogen and oxygen atoms in total. The van der Waals surface area contributed by atoms with E-state index in [0.29, 0.717) is 6.04 Å². The molecule has 0 spiro atoms. The van der Waals surface area contributed by atoms with Crippen LogP contribution in [0.4, 0.5) is 0 Å². The molecule has 2 bridgehead atoms. The lowest BCUT2D eigenvalue weighted by Gasteiger charge is -2.27. The van der Waals surface area contributed by atoms with Gasteiger partial charge in [-0.3, -0.25) is 0 Å². The average Bonchev–Trinajstić information content (AvgIpc) is 3.21. The van der Waals surface area contributed by atoms with Gasteiger partial charge < -0.3 is 5.32 Å². The van der Waals surface area contributed by atoms with E-state index in [9.17, 15) is 0 Å². The van der Waals surface area contributed by atoms with Crippen LogP contribution < -0.4 is 5.32 Å². The van der Waals surface area contributed by atoms with Crippen molar-refractivity contribution < 1.29 is 0 Å². The van der Waals surface area contributed by atoms with E-state index in [4.69, 9.17) is 0 Å². The van der Waals surface area contributed by atoms with Gasteiger partial charge in [-0.2, -0.15) is 0 Å². The van der Waals surface area contributed by atoms with Gasteiger partial charge in [0.1, 0.15) is 0 Å². The van der Waals surface area contributed by atoms with Crippen LogP contribution in [0.3, 0.4) is 0 Å². The molecule has 0 aromatic carbocycles. The van der Waals surface area contributed by atoms with E-state index >= 15 is 0 Å². The fourth-order valence-corrected chi connectivity index (χ4v) is 6.75. The Morgan fingerprint density at radius 3 is 2.95 bits per heavy atom. The Kier molecular flexibility index (Phi) is 4.08. The largest absolute Gasteiger partial charge is 0.309 e. The Morgan fingerprint density at radius 1 is 1.29 bits per heavy atom. The van der Waals surface area contributed by atoms with Crippen molar-refractivity contribution in [1.82, 2.24) is 5.32 Å². The molecule has 114 valence electrons.